The average Bonchev–Trinajstić information content (AvgIpc) is 2.08. The number of carbonyl (C=O) groups is 1. The number of nitrogens with zero attached hydrogens (tertiary/aromatic N) is 1. The molecule has 0 atom stereocenters. The minimum absolute atomic E-state index is 0.639. The van der Waals surface area contributed by atoms with Crippen LogP contribution < -0.4 is 0 Å². The third-order valence-electron chi connectivity index (χ3n) is 1.44. The van der Waals surface area contributed by atoms with Crippen LogP contribution in [0.25, 0.3) is 0 Å². The molecule has 0 amide bonds. The average molecular weight is 157 g/mol. The molecule has 0 radical (unpaired) electrons. The van der Waals surface area contributed by atoms with Crippen LogP contribution in [0.15, 0.2) is 12.7 Å². The van der Waals surface area contributed by atoms with E-state index >= 15 is 0 Å². The molecule has 2 nitrogen and oxygen atoms in total. The van der Waals surface area contributed by atoms with Gasteiger partial charge in [-0.15, -0.1) is 0 Å². The highest BCUT2D eigenvalue weighted by molar-refractivity contribution is 5.63. The molecule has 0 fully saturated rings. The highest BCUT2D eigenvalue weighted by Crippen LogP contribution is 1.81. The molecular weight excluding hydrogens is 138 g/mol. The van der Waals surface area contributed by atoms with Gasteiger partial charge in [0.15, 0.2) is 0 Å². The molecular formula is C9H19NO. The molecule has 0 aromatic carbocycles. The molecule has 0 aromatic heterocycles. The summed E-state index contributed by atoms with van der Waals surface area (Å²) in [6, 6.07) is 0. The van der Waals surface area contributed by atoms with Crippen molar-refractivity contribution in [2.24, 2.45) is 0 Å². The van der Waals surface area contributed by atoms with Gasteiger partial charge < -0.3 is 4.90 Å². The van der Waals surface area contributed by atoms with Gasteiger partial charge in [0.1, 0.15) is 6.29 Å². The summed E-state index contributed by atoms with van der Waals surface area (Å²) in [5, 5.41) is 0. The van der Waals surface area contributed by atoms with E-state index in [4.69, 9.17) is 4.79 Å². The van der Waals surface area contributed by atoms with Gasteiger partial charge in [0.25, 0.3) is 0 Å². The van der Waals surface area contributed by atoms with Gasteiger partial charge >= 0.3 is 0 Å². The van der Waals surface area contributed by atoms with Gasteiger partial charge in [0, 0.05) is 0 Å². The number of rotatable bonds is 4. The molecule has 0 bridgehead atoms. The summed E-state index contributed by atoms with van der Waals surface area (Å²) < 4.78 is 0. The van der Waals surface area contributed by atoms with E-state index in [9.17, 15) is 0 Å². The van der Waals surface area contributed by atoms with Crippen molar-refractivity contribution in [2.75, 3.05) is 19.6 Å². The Morgan fingerprint density at radius 2 is 1.45 bits per heavy atom. The summed E-state index contributed by atoms with van der Waals surface area (Å²) in [6.45, 7) is 13.2. The van der Waals surface area contributed by atoms with Gasteiger partial charge in [0.05, 0.1) is 0 Å². The Bertz CT molecular complexity index is 76.1. The zero-order valence-corrected chi connectivity index (χ0v) is 7.84. The fourth-order valence-electron chi connectivity index (χ4n) is 0.671. The Morgan fingerprint density at radius 3 is 1.45 bits per heavy atom. The molecule has 0 saturated carbocycles. The van der Waals surface area contributed by atoms with Crippen LogP contribution in [-0.4, -0.2) is 30.8 Å². The summed E-state index contributed by atoms with van der Waals surface area (Å²) in [5.74, 6) is 0. The predicted molar refractivity (Wildman–Crippen MR) is 49.7 cm³/mol. The Kier molecular flexibility index (Phi) is 14.3. The summed E-state index contributed by atoms with van der Waals surface area (Å²) in [7, 11) is 0. The minimum Gasteiger partial charge on any atom is -0.304 e. The van der Waals surface area contributed by atoms with Crippen LogP contribution in [0.1, 0.15) is 20.8 Å². The number of aldehydes is 1. The molecule has 0 rings (SSSR count). The van der Waals surface area contributed by atoms with E-state index in [1.165, 1.54) is 25.7 Å². The number of allylic oxidation sites excluding steroid dienone is 1. The Labute approximate surface area is 69.9 Å². The van der Waals surface area contributed by atoms with Crippen molar-refractivity contribution in [3.05, 3.63) is 12.7 Å². The summed E-state index contributed by atoms with van der Waals surface area (Å²) in [5.41, 5.74) is 0. The van der Waals surface area contributed by atoms with Crippen molar-refractivity contribution >= 4 is 6.29 Å². The van der Waals surface area contributed by atoms with E-state index in [0.29, 0.717) is 6.29 Å². The number of carbonyl (C=O) groups excluding carboxylic acids is 1. The van der Waals surface area contributed by atoms with Gasteiger partial charge in [-0.05, 0) is 25.7 Å². The lowest BCUT2D eigenvalue weighted by Gasteiger charge is -2.13. The lowest BCUT2D eigenvalue weighted by Crippen LogP contribution is -2.21. The van der Waals surface area contributed by atoms with E-state index in [2.05, 4.69) is 32.3 Å². The molecule has 0 aromatic rings. The number of hydrogen-bond acceptors (Lipinski definition) is 2. The van der Waals surface area contributed by atoms with E-state index in [0.717, 1.165) is 0 Å². The normalized spacial score (nSPS) is 8.36. The highest BCUT2D eigenvalue weighted by atomic mass is 16.1. The predicted octanol–water partition coefficient (Wildman–Crippen LogP) is 1.72. The van der Waals surface area contributed by atoms with E-state index in [-0.39, 0.29) is 0 Å². The zero-order valence-electron chi connectivity index (χ0n) is 7.84. The molecule has 0 spiro atoms. The monoisotopic (exact) mass is 157 g/mol. The molecule has 0 aliphatic carbocycles. The molecule has 0 heterocycles. The van der Waals surface area contributed by atoms with Gasteiger partial charge in [-0.3, -0.25) is 4.79 Å². The Balaban J connectivity index is 0. The fraction of sp³-hybridized carbons (Fsp3) is 0.667. The molecule has 66 valence electrons. The van der Waals surface area contributed by atoms with Crippen LogP contribution in [0.3, 0.4) is 0 Å². The summed E-state index contributed by atoms with van der Waals surface area (Å²) in [4.78, 5) is 11.4. The first kappa shape index (κ1) is 13.0. The van der Waals surface area contributed by atoms with Gasteiger partial charge in [-0.2, -0.15) is 0 Å². The van der Waals surface area contributed by atoms with E-state index in [1.807, 2.05) is 0 Å². The van der Waals surface area contributed by atoms with Crippen molar-refractivity contribution in [1.82, 2.24) is 4.90 Å². The molecule has 0 unspecified atom stereocenters. The van der Waals surface area contributed by atoms with Crippen molar-refractivity contribution in [2.45, 2.75) is 20.8 Å². The first-order valence-electron chi connectivity index (χ1n) is 4.05. The van der Waals surface area contributed by atoms with Crippen LogP contribution >= 0.6 is 0 Å². The lowest BCUT2D eigenvalue weighted by molar-refractivity contribution is -0.104. The van der Waals surface area contributed by atoms with E-state index in [1.54, 1.807) is 0 Å². The second-order valence-corrected chi connectivity index (χ2v) is 1.99. The Morgan fingerprint density at radius 1 is 1.18 bits per heavy atom. The second-order valence-electron chi connectivity index (χ2n) is 1.99. The molecule has 0 N–H and O–H groups in total. The lowest BCUT2D eigenvalue weighted by atomic mass is 10.5. The fourth-order valence-corrected chi connectivity index (χ4v) is 0.671. The van der Waals surface area contributed by atoms with Gasteiger partial charge in [0.2, 0.25) is 0 Å². The van der Waals surface area contributed by atoms with Crippen molar-refractivity contribution in [1.29, 1.82) is 0 Å². The van der Waals surface area contributed by atoms with Gasteiger partial charge in [-0.1, -0.05) is 27.4 Å². The van der Waals surface area contributed by atoms with Crippen molar-refractivity contribution in [3.63, 3.8) is 0 Å². The SMILES string of the molecule is C=CC=O.CCN(CC)CC. The third-order valence-corrected chi connectivity index (χ3v) is 1.44. The molecule has 0 saturated heterocycles. The second kappa shape index (κ2) is 12.1. The van der Waals surface area contributed by atoms with Crippen LogP contribution in [0.5, 0.6) is 0 Å². The standard InChI is InChI=1S/C6H15N.C3H4O/c1-4-7(5-2)6-3;1-2-3-4/h4-6H2,1-3H3;2-3H,1H2. The van der Waals surface area contributed by atoms with Crippen LogP contribution in [0.2, 0.25) is 0 Å². The molecule has 11 heavy (non-hydrogen) atoms. The summed E-state index contributed by atoms with van der Waals surface area (Å²) in [6.07, 6.45) is 1.83. The maximum atomic E-state index is 9.06. The minimum atomic E-state index is 0.639. The maximum Gasteiger partial charge on any atom is 0.142 e. The van der Waals surface area contributed by atoms with Gasteiger partial charge in [-0.25, -0.2) is 0 Å². The third kappa shape index (κ3) is 12.5. The quantitative estimate of drug-likeness (QED) is 0.457. The van der Waals surface area contributed by atoms with Crippen molar-refractivity contribution < 1.29 is 4.79 Å². The maximum absolute atomic E-state index is 9.06. The first-order valence-corrected chi connectivity index (χ1v) is 4.05. The van der Waals surface area contributed by atoms with Crippen LogP contribution in [0.4, 0.5) is 0 Å². The van der Waals surface area contributed by atoms with Crippen LogP contribution in [-0.2, 0) is 4.79 Å². The van der Waals surface area contributed by atoms with Crippen molar-refractivity contribution in [3.8, 4) is 0 Å². The Hall–Kier alpha value is -0.630. The van der Waals surface area contributed by atoms with Crippen LogP contribution in [0, 0.1) is 0 Å². The molecule has 0 aliphatic heterocycles. The largest absolute Gasteiger partial charge is 0.304 e. The van der Waals surface area contributed by atoms with E-state index < -0.39 is 0 Å². The molecule has 2 heteroatoms. The smallest absolute Gasteiger partial charge is 0.142 e. The molecule has 0 aliphatic rings. The topological polar surface area (TPSA) is 20.3 Å². The summed E-state index contributed by atoms with van der Waals surface area (Å²) >= 11 is 0. The zero-order chi connectivity index (χ0) is 9.11. The first-order chi connectivity index (χ1) is 5.26. The highest BCUT2D eigenvalue weighted by Gasteiger charge is 1.89. The number of hydrogen-bond donors (Lipinski definition) is 0.